The lowest BCUT2D eigenvalue weighted by atomic mass is 9.89. The van der Waals surface area contributed by atoms with E-state index in [4.69, 9.17) is 13.3 Å². The minimum Gasteiger partial charge on any atom is -0.411 e. The fourth-order valence-electron chi connectivity index (χ4n) is 5.33. The summed E-state index contributed by atoms with van der Waals surface area (Å²) in [6, 6.07) is 21.9. The van der Waals surface area contributed by atoms with Gasteiger partial charge in [-0.15, -0.1) is 0 Å². The van der Waals surface area contributed by atoms with Crippen LogP contribution in [0.5, 0.6) is 0 Å². The summed E-state index contributed by atoms with van der Waals surface area (Å²) < 4.78 is 21.4. The summed E-state index contributed by atoms with van der Waals surface area (Å²) in [6.45, 7) is 30.0. The van der Waals surface area contributed by atoms with Gasteiger partial charge < -0.3 is 13.3 Å². The van der Waals surface area contributed by atoms with Gasteiger partial charge in [-0.2, -0.15) is 0 Å². The quantitative estimate of drug-likeness (QED) is 0.239. The zero-order valence-corrected chi connectivity index (χ0v) is 28.9. The zero-order valence-electron chi connectivity index (χ0n) is 25.9. The van der Waals surface area contributed by atoms with E-state index in [0.717, 1.165) is 18.4 Å². The summed E-state index contributed by atoms with van der Waals surface area (Å²) >= 11 is 0. The molecular formula is C32H52O3Si3. The van der Waals surface area contributed by atoms with E-state index >= 15 is 0 Å². The van der Waals surface area contributed by atoms with Crippen LogP contribution in [0.2, 0.25) is 42.8 Å². The molecule has 0 aliphatic heterocycles. The Kier molecular flexibility index (Phi) is 9.29. The molecule has 3 nitrogen and oxygen atoms in total. The summed E-state index contributed by atoms with van der Waals surface area (Å²) in [5, 5.41) is 2.67. The highest BCUT2D eigenvalue weighted by Crippen LogP contribution is 2.43. The fourth-order valence-corrected chi connectivity index (χ4v) is 12.4. The van der Waals surface area contributed by atoms with Crippen LogP contribution in [0.25, 0.3) is 0 Å². The minimum atomic E-state index is -2.69. The van der Waals surface area contributed by atoms with Gasteiger partial charge in [0.05, 0.1) is 18.3 Å². The molecule has 1 aliphatic rings. The molecule has 210 valence electrons. The highest BCUT2D eigenvalue weighted by atomic mass is 28.4. The predicted octanol–water partition coefficient (Wildman–Crippen LogP) is 7.89. The van der Waals surface area contributed by atoms with E-state index in [1.165, 1.54) is 10.4 Å². The topological polar surface area (TPSA) is 27.7 Å². The van der Waals surface area contributed by atoms with Crippen LogP contribution in [0, 0.1) is 0 Å². The molecule has 3 rings (SSSR count). The molecule has 1 fully saturated rings. The van der Waals surface area contributed by atoms with Crippen LogP contribution in [0.4, 0.5) is 0 Å². The second-order valence-electron chi connectivity index (χ2n) is 14.5. The smallest absolute Gasteiger partial charge is 0.261 e. The molecule has 3 atom stereocenters. The first kappa shape index (κ1) is 31.2. The highest BCUT2D eigenvalue weighted by Gasteiger charge is 2.53. The van der Waals surface area contributed by atoms with Crippen LogP contribution < -0.4 is 10.4 Å². The van der Waals surface area contributed by atoms with Crippen molar-refractivity contribution < 1.29 is 13.3 Å². The number of hydrogen-bond donors (Lipinski definition) is 0. The second-order valence-corrected chi connectivity index (χ2v) is 28.0. The fraction of sp³-hybridized carbons (Fsp3) is 0.562. The van der Waals surface area contributed by atoms with E-state index in [1.807, 2.05) is 0 Å². The van der Waals surface area contributed by atoms with Gasteiger partial charge in [0.15, 0.2) is 16.6 Å². The van der Waals surface area contributed by atoms with Gasteiger partial charge in [-0.25, -0.2) is 0 Å². The Hall–Kier alpha value is -1.29. The predicted molar refractivity (Wildman–Crippen MR) is 171 cm³/mol. The third kappa shape index (κ3) is 6.88. The van der Waals surface area contributed by atoms with Crippen molar-refractivity contribution in [1.29, 1.82) is 0 Å². The Morgan fingerprint density at radius 3 is 1.42 bits per heavy atom. The molecule has 0 saturated heterocycles. The van der Waals surface area contributed by atoms with Gasteiger partial charge >= 0.3 is 0 Å². The third-order valence-corrected chi connectivity index (χ3v) is 18.9. The molecule has 2 aromatic rings. The number of benzene rings is 2. The lowest BCUT2D eigenvalue weighted by molar-refractivity contribution is 0.0349. The molecule has 0 N–H and O–H groups in total. The minimum absolute atomic E-state index is 0.0166. The largest absolute Gasteiger partial charge is 0.411 e. The lowest BCUT2D eigenvalue weighted by Crippen LogP contribution is -2.68. The normalized spacial score (nSPS) is 22.0. The molecule has 6 heteroatoms. The first-order valence-electron chi connectivity index (χ1n) is 14.2. The molecule has 2 aromatic carbocycles. The van der Waals surface area contributed by atoms with Gasteiger partial charge in [-0.3, -0.25) is 0 Å². The van der Waals surface area contributed by atoms with Crippen molar-refractivity contribution in [3.8, 4) is 0 Å². The second kappa shape index (κ2) is 11.3. The van der Waals surface area contributed by atoms with E-state index in [9.17, 15) is 0 Å². The summed E-state index contributed by atoms with van der Waals surface area (Å²) in [6.07, 6.45) is 1.55. The van der Waals surface area contributed by atoms with Gasteiger partial charge in [0.25, 0.3) is 8.32 Å². The Balaban J connectivity index is 2.10. The molecule has 0 bridgehead atoms. The molecule has 0 radical (unpaired) electrons. The van der Waals surface area contributed by atoms with Crippen LogP contribution in [-0.2, 0) is 13.3 Å². The average molecular weight is 569 g/mol. The Morgan fingerprint density at radius 2 is 1.05 bits per heavy atom. The van der Waals surface area contributed by atoms with Crippen molar-refractivity contribution in [3.63, 3.8) is 0 Å². The molecule has 0 amide bonds. The Labute approximate surface area is 236 Å². The number of hydrogen-bond acceptors (Lipinski definition) is 3. The molecule has 1 saturated carbocycles. The van der Waals surface area contributed by atoms with E-state index in [0.29, 0.717) is 0 Å². The molecule has 0 spiro atoms. The first-order chi connectivity index (χ1) is 17.4. The Morgan fingerprint density at radius 1 is 0.632 bits per heavy atom. The Bertz CT molecular complexity index is 1020. The van der Waals surface area contributed by atoms with E-state index in [1.54, 1.807) is 0 Å². The van der Waals surface area contributed by atoms with Crippen LogP contribution in [0.1, 0.15) is 54.4 Å². The van der Waals surface area contributed by atoms with Crippen LogP contribution >= 0.6 is 0 Å². The average Bonchev–Trinajstić information content (AvgIpc) is 2.79. The van der Waals surface area contributed by atoms with Gasteiger partial charge in [0, 0.05) is 12.8 Å². The molecule has 0 aromatic heterocycles. The maximum absolute atomic E-state index is 7.61. The van der Waals surface area contributed by atoms with E-state index < -0.39 is 25.0 Å². The highest BCUT2D eigenvalue weighted by molar-refractivity contribution is 6.99. The SMILES string of the molecule is C=C1[C@H](O[Si](C)(C)C)C[C@@H](O[Si](c2ccccc2)(c2ccccc2)C(C)(C)C)C[C@H]1O[Si](C)(C)C(C)(C)C. The molecule has 0 heterocycles. The summed E-state index contributed by atoms with van der Waals surface area (Å²) in [4.78, 5) is 0. The van der Waals surface area contributed by atoms with Crippen molar-refractivity contribution in [2.45, 2.75) is 116 Å². The molecule has 38 heavy (non-hydrogen) atoms. The van der Waals surface area contributed by atoms with Gasteiger partial charge in [-0.05, 0) is 58.8 Å². The first-order valence-corrected chi connectivity index (χ1v) is 22.4. The van der Waals surface area contributed by atoms with E-state index in [2.05, 4.69) is 142 Å². The van der Waals surface area contributed by atoms with E-state index in [-0.39, 0.29) is 28.4 Å². The van der Waals surface area contributed by atoms with Crippen molar-refractivity contribution in [1.82, 2.24) is 0 Å². The summed E-state index contributed by atoms with van der Waals surface area (Å²) in [5.74, 6) is 0. The van der Waals surface area contributed by atoms with Crippen molar-refractivity contribution in [2.75, 3.05) is 0 Å². The van der Waals surface area contributed by atoms with Crippen molar-refractivity contribution in [3.05, 3.63) is 72.8 Å². The van der Waals surface area contributed by atoms with Crippen LogP contribution in [-0.4, -0.2) is 43.3 Å². The molecule has 1 aliphatic carbocycles. The lowest BCUT2D eigenvalue weighted by Gasteiger charge is -2.49. The zero-order chi connectivity index (χ0) is 28.6. The summed E-state index contributed by atoms with van der Waals surface area (Å²) in [5.41, 5.74) is 1.10. The number of rotatable bonds is 8. The maximum atomic E-state index is 7.61. The van der Waals surface area contributed by atoms with Crippen LogP contribution in [0.3, 0.4) is 0 Å². The maximum Gasteiger partial charge on any atom is 0.261 e. The van der Waals surface area contributed by atoms with Gasteiger partial charge in [0.1, 0.15) is 0 Å². The standard InChI is InChI=1S/C32H52O3Si3/c1-25-29(34-36(8,9)10)23-26(24-30(25)35-37(11,12)31(2,3)4)33-38(32(5,6)7,27-19-15-13-16-20-27)28-21-17-14-18-22-28/h13-22,26,29-30H,1,23-24H2,2-12H3/t26-,29-,30-/m1/s1. The van der Waals surface area contributed by atoms with Crippen molar-refractivity contribution in [2.24, 2.45) is 0 Å². The summed E-state index contributed by atoms with van der Waals surface area (Å²) in [7, 11) is -6.53. The van der Waals surface area contributed by atoms with Crippen LogP contribution in [0.15, 0.2) is 72.8 Å². The van der Waals surface area contributed by atoms with Gasteiger partial charge in [0.2, 0.25) is 0 Å². The molecule has 0 unspecified atom stereocenters. The van der Waals surface area contributed by atoms with Crippen molar-refractivity contribution >= 4 is 35.3 Å². The third-order valence-electron chi connectivity index (χ3n) is 8.28. The van der Waals surface area contributed by atoms with Gasteiger partial charge in [-0.1, -0.05) is 109 Å². The monoisotopic (exact) mass is 568 g/mol. The molecular weight excluding hydrogens is 517 g/mol.